The maximum atomic E-state index is 12.8. The summed E-state index contributed by atoms with van der Waals surface area (Å²) in [7, 11) is 0. The molecule has 2 amide bonds. The van der Waals surface area contributed by atoms with Gasteiger partial charge in [-0.25, -0.2) is 0 Å². The first-order valence-corrected chi connectivity index (χ1v) is 10.0. The van der Waals surface area contributed by atoms with E-state index in [1.807, 2.05) is 54.6 Å². The van der Waals surface area contributed by atoms with E-state index >= 15 is 0 Å². The van der Waals surface area contributed by atoms with Crippen molar-refractivity contribution in [3.8, 4) is 0 Å². The smallest absolute Gasteiger partial charge is 0.242 e. The molecule has 0 aliphatic carbocycles. The topological polar surface area (TPSA) is 111 Å². The minimum Gasteiger partial charge on any atom is -0.350 e. The number of fused-ring (bicyclic) bond motifs is 1. The molecule has 0 bridgehead atoms. The summed E-state index contributed by atoms with van der Waals surface area (Å²) in [5.74, 6) is -0.998. The molecule has 0 fully saturated rings. The molecule has 1 heterocycles. The second-order valence-electron chi connectivity index (χ2n) is 7.32. The molecular weight excluding hydrogens is 380 g/mol. The van der Waals surface area contributed by atoms with Gasteiger partial charge >= 0.3 is 0 Å². The van der Waals surface area contributed by atoms with E-state index in [1.54, 1.807) is 0 Å². The fraction of sp³-hybridized carbons (Fsp3) is 0.304. The van der Waals surface area contributed by atoms with Crippen molar-refractivity contribution < 1.29 is 14.4 Å². The summed E-state index contributed by atoms with van der Waals surface area (Å²) in [5, 5.41) is 15.9. The number of hydrogen-bond donors (Lipinski definition) is 4. The van der Waals surface area contributed by atoms with Gasteiger partial charge in [0.1, 0.15) is 6.04 Å². The number of benzene rings is 2. The van der Waals surface area contributed by atoms with Gasteiger partial charge in [0.15, 0.2) is 5.78 Å². The zero-order valence-corrected chi connectivity index (χ0v) is 16.7. The van der Waals surface area contributed by atoms with Gasteiger partial charge in [0.25, 0.3) is 0 Å². The second-order valence-corrected chi connectivity index (χ2v) is 7.32. The average Bonchev–Trinajstić information content (AvgIpc) is 2.80. The summed E-state index contributed by atoms with van der Waals surface area (Å²) in [6.07, 6.45) is 1.44. The van der Waals surface area contributed by atoms with Gasteiger partial charge in [0, 0.05) is 19.5 Å². The molecule has 156 valence electrons. The molecule has 0 aromatic heterocycles. The van der Waals surface area contributed by atoms with Crippen LogP contribution in [0.25, 0.3) is 0 Å². The van der Waals surface area contributed by atoms with Crippen LogP contribution in [0.3, 0.4) is 0 Å². The van der Waals surface area contributed by atoms with Crippen LogP contribution in [0.2, 0.25) is 0 Å². The van der Waals surface area contributed by atoms with Gasteiger partial charge in [0.05, 0.1) is 12.3 Å². The van der Waals surface area contributed by atoms with Crippen LogP contribution in [0.4, 0.5) is 0 Å². The van der Waals surface area contributed by atoms with Gasteiger partial charge in [-0.3, -0.25) is 14.4 Å². The summed E-state index contributed by atoms with van der Waals surface area (Å²) in [6.45, 7) is 0.922. The maximum Gasteiger partial charge on any atom is 0.242 e. The zero-order valence-electron chi connectivity index (χ0n) is 16.7. The van der Waals surface area contributed by atoms with Crippen molar-refractivity contribution in [2.45, 2.75) is 44.4 Å². The van der Waals surface area contributed by atoms with Crippen LogP contribution in [0.15, 0.2) is 54.6 Å². The van der Waals surface area contributed by atoms with Crippen molar-refractivity contribution in [3.63, 3.8) is 0 Å². The van der Waals surface area contributed by atoms with Crippen LogP contribution >= 0.6 is 0 Å². The molecule has 0 unspecified atom stereocenters. The molecule has 0 spiro atoms. The van der Waals surface area contributed by atoms with Crippen molar-refractivity contribution in [2.75, 3.05) is 0 Å². The minimum atomic E-state index is -0.843. The van der Waals surface area contributed by atoms with Crippen molar-refractivity contribution >= 4 is 23.8 Å². The van der Waals surface area contributed by atoms with Gasteiger partial charge in [-0.05, 0) is 29.5 Å². The third-order valence-corrected chi connectivity index (χ3v) is 5.18. The Morgan fingerprint density at radius 1 is 1.07 bits per heavy atom. The van der Waals surface area contributed by atoms with Crippen molar-refractivity contribution in [1.29, 1.82) is 5.41 Å². The van der Waals surface area contributed by atoms with Gasteiger partial charge in [-0.15, -0.1) is 0 Å². The molecule has 30 heavy (non-hydrogen) atoms. The highest BCUT2D eigenvalue weighted by atomic mass is 16.2. The number of Topliss-reactive ketones (excluding diaryl/α,β-unsaturated/α-hetero) is 1. The molecule has 0 saturated heterocycles. The highest BCUT2D eigenvalue weighted by Gasteiger charge is 2.28. The second kappa shape index (κ2) is 10.5. The predicted molar refractivity (Wildman–Crippen MR) is 114 cm³/mol. The highest BCUT2D eigenvalue weighted by molar-refractivity contribution is 6.26. The lowest BCUT2D eigenvalue weighted by atomic mass is 9.95. The third-order valence-electron chi connectivity index (χ3n) is 5.18. The summed E-state index contributed by atoms with van der Waals surface area (Å²) >= 11 is 0. The van der Waals surface area contributed by atoms with Crippen molar-refractivity contribution in [1.82, 2.24) is 16.0 Å². The van der Waals surface area contributed by atoms with E-state index in [9.17, 15) is 14.4 Å². The first-order chi connectivity index (χ1) is 14.6. The molecule has 7 nitrogen and oxygen atoms in total. The Balaban J connectivity index is 1.62. The number of carbonyl (C=O) groups is 3. The molecule has 2 atom stereocenters. The zero-order chi connectivity index (χ0) is 21.3. The van der Waals surface area contributed by atoms with Crippen LogP contribution in [-0.4, -0.2) is 35.9 Å². The molecule has 0 radical (unpaired) electrons. The summed E-state index contributed by atoms with van der Waals surface area (Å²) in [6, 6.07) is 16.1. The van der Waals surface area contributed by atoms with Gasteiger partial charge in [-0.2, -0.15) is 0 Å². The fourth-order valence-corrected chi connectivity index (χ4v) is 3.45. The molecular formula is C23H26N4O3. The van der Waals surface area contributed by atoms with Crippen LogP contribution in [0.1, 0.15) is 29.5 Å². The Labute approximate surface area is 175 Å². The summed E-state index contributed by atoms with van der Waals surface area (Å²) < 4.78 is 0. The molecule has 1 aliphatic rings. The number of rotatable bonds is 9. The first-order valence-electron chi connectivity index (χ1n) is 10.0. The minimum absolute atomic E-state index is 0.0220. The Hall–Kier alpha value is -3.32. The Morgan fingerprint density at radius 2 is 1.77 bits per heavy atom. The van der Waals surface area contributed by atoms with Crippen LogP contribution in [-0.2, 0) is 33.9 Å². The van der Waals surface area contributed by atoms with Crippen molar-refractivity contribution in [2.24, 2.45) is 0 Å². The standard InChI is InChI=1S/C23H26N4O3/c24-13-19(28)10-11-20(22(29)26-14-16-6-2-1-3-7-16)27-23(30)21-12-17-8-4-5-9-18(17)15-25-21/h1-9,13,20-21,24-25H,10-12,14-15H2,(H,26,29)(H,27,30)/t20-,21-/m0/s1. The van der Waals surface area contributed by atoms with E-state index in [2.05, 4.69) is 16.0 Å². The normalized spacial score (nSPS) is 16.1. The highest BCUT2D eigenvalue weighted by Crippen LogP contribution is 2.16. The number of hydrogen-bond acceptors (Lipinski definition) is 5. The van der Waals surface area contributed by atoms with E-state index < -0.39 is 12.1 Å². The molecule has 1 aliphatic heterocycles. The van der Waals surface area contributed by atoms with Crippen LogP contribution < -0.4 is 16.0 Å². The van der Waals surface area contributed by atoms with E-state index in [0.29, 0.717) is 19.5 Å². The predicted octanol–water partition coefficient (Wildman–Crippen LogP) is 1.50. The van der Waals surface area contributed by atoms with E-state index in [-0.39, 0.29) is 30.4 Å². The number of amides is 2. The Bertz CT molecular complexity index is 914. The van der Waals surface area contributed by atoms with E-state index in [0.717, 1.165) is 22.9 Å². The third kappa shape index (κ3) is 5.84. The molecule has 0 saturated carbocycles. The molecule has 2 aromatic carbocycles. The van der Waals surface area contributed by atoms with Crippen molar-refractivity contribution in [3.05, 3.63) is 71.3 Å². The van der Waals surface area contributed by atoms with E-state index in [4.69, 9.17) is 5.41 Å². The van der Waals surface area contributed by atoms with Crippen LogP contribution in [0.5, 0.6) is 0 Å². The monoisotopic (exact) mass is 406 g/mol. The first kappa shape index (κ1) is 21.4. The largest absolute Gasteiger partial charge is 0.350 e. The lowest BCUT2D eigenvalue weighted by Gasteiger charge is -2.27. The summed E-state index contributed by atoms with van der Waals surface area (Å²) in [4.78, 5) is 37.1. The maximum absolute atomic E-state index is 12.8. The molecule has 7 heteroatoms. The molecule has 4 N–H and O–H groups in total. The Kier molecular flexibility index (Phi) is 7.45. The number of nitrogens with one attached hydrogen (secondary N) is 4. The SMILES string of the molecule is N=CC(=O)CC[C@H](NC(=O)[C@@H]1Cc2ccccc2CN1)C(=O)NCc1ccccc1. The molecule has 3 rings (SSSR count). The summed E-state index contributed by atoms with van der Waals surface area (Å²) in [5.41, 5.74) is 3.22. The average molecular weight is 406 g/mol. The quantitative estimate of drug-likeness (QED) is 0.473. The lowest BCUT2D eigenvalue weighted by molar-refractivity contribution is -0.130. The fourth-order valence-electron chi connectivity index (χ4n) is 3.45. The van der Waals surface area contributed by atoms with E-state index in [1.165, 1.54) is 0 Å². The van der Waals surface area contributed by atoms with Gasteiger partial charge in [0.2, 0.25) is 11.8 Å². The van der Waals surface area contributed by atoms with Crippen LogP contribution in [0, 0.1) is 5.41 Å². The van der Waals surface area contributed by atoms with Gasteiger partial charge < -0.3 is 21.4 Å². The number of ketones is 1. The lowest BCUT2D eigenvalue weighted by Crippen LogP contribution is -2.54. The van der Waals surface area contributed by atoms with Gasteiger partial charge in [-0.1, -0.05) is 54.6 Å². The number of carbonyl (C=O) groups excluding carboxylic acids is 3. The Morgan fingerprint density at radius 3 is 2.50 bits per heavy atom. The molecule has 2 aromatic rings.